The minimum atomic E-state index is -4.38. The first-order valence-corrected chi connectivity index (χ1v) is 9.66. The number of alkyl halides is 3. The van der Waals surface area contributed by atoms with Crippen LogP contribution in [-0.4, -0.2) is 48.1 Å². The Labute approximate surface area is 161 Å². The third-order valence-corrected chi connectivity index (χ3v) is 5.59. The highest BCUT2D eigenvalue weighted by Gasteiger charge is 2.31. The fraction of sp³-hybridized carbons (Fsp3) is 0.350. The SMILES string of the molecule is CN1CCN(C(=O)CSc2cccc(C(F)(F)F)c2)C(c2ccccc2)C1. The molecule has 27 heavy (non-hydrogen) atoms. The molecule has 1 heterocycles. The molecule has 1 amide bonds. The zero-order chi connectivity index (χ0) is 19.4. The normalized spacial score (nSPS) is 18.5. The Hall–Kier alpha value is -1.99. The Bertz CT molecular complexity index is 782. The zero-order valence-electron chi connectivity index (χ0n) is 14.9. The molecule has 1 aliphatic rings. The van der Waals surface area contributed by atoms with Crippen LogP contribution in [0.3, 0.4) is 0 Å². The summed E-state index contributed by atoms with van der Waals surface area (Å²) in [7, 11) is 2.02. The third kappa shape index (κ3) is 5.05. The highest BCUT2D eigenvalue weighted by molar-refractivity contribution is 8.00. The van der Waals surface area contributed by atoms with Crippen molar-refractivity contribution < 1.29 is 18.0 Å². The largest absolute Gasteiger partial charge is 0.416 e. The molecule has 1 unspecified atom stereocenters. The zero-order valence-corrected chi connectivity index (χ0v) is 15.8. The lowest BCUT2D eigenvalue weighted by atomic mass is 10.0. The smallest absolute Gasteiger partial charge is 0.332 e. The fourth-order valence-electron chi connectivity index (χ4n) is 3.17. The average molecular weight is 394 g/mol. The van der Waals surface area contributed by atoms with Gasteiger partial charge in [0.05, 0.1) is 17.4 Å². The molecule has 0 N–H and O–H groups in total. The van der Waals surface area contributed by atoms with Gasteiger partial charge in [-0.25, -0.2) is 0 Å². The Morgan fingerprint density at radius 2 is 1.85 bits per heavy atom. The maximum absolute atomic E-state index is 12.8. The number of halogens is 3. The number of rotatable bonds is 4. The van der Waals surface area contributed by atoms with Gasteiger partial charge in [0.15, 0.2) is 0 Å². The van der Waals surface area contributed by atoms with Crippen molar-refractivity contribution in [1.29, 1.82) is 0 Å². The molecule has 1 saturated heterocycles. The van der Waals surface area contributed by atoms with E-state index >= 15 is 0 Å². The fourth-order valence-corrected chi connectivity index (χ4v) is 4.01. The lowest BCUT2D eigenvalue weighted by Gasteiger charge is -2.40. The van der Waals surface area contributed by atoms with Gasteiger partial charge in [-0.15, -0.1) is 11.8 Å². The summed E-state index contributed by atoms with van der Waals surface area (Å²) in [5.74, 6) is 0.0633. The quantitative estimate of drug-likeness (QED) is 0.722. The minimum absolute atomic E-state index is 0.0421. The van der Waals surface area contributed by atoms with Gasteiger partial charge in [-0.3, -0.25) is 4.79 Å². The summed E-state index contributed by atoms with van der Waals surface area (Å²) in [4.78, 5) is 17.3. The Kier molecular flexibility index (Phi) is 6.11. The molecule has 0 aromatic heterocycles. The van der Waals surface area contributed by atoms with Crippen molar-refractivity contribution in [2.24, 2.45) is 0 Å². The van der Waals surface area contributed by atoms with E-state index in [1.165, 1.54) is 6.07 Å². The molecule has 3 nitrogen and oxygen atoms in total. The van der Waals surface area contributed by atoms with Crippen molar-refractivity contribution in [2.45, 2.75) is 17.1 Å². The van der Waals surface area contributed by atoms with Crippen LogP contribution < -0.4 is 0 Å². The number of hydrogen-bond acceptors (Lipinski definition) is 3. The van der Waals surface area contributed by atoms with Gasteiger partial charge in [-0.2, -0.15) is 13.2 Å². The lowest BCUT2D eigenvalue weighted by molar-refractivity contribution is -0.137. The van der Waals surface area contributed by atoms with Crippen molar-refractivity contribution >= 4 is 17.7 Å². The molecule has 144 valence electrons. The van der Waals surface area contributed by atoms with Crippen LogP contribution in [0.15, 0.2) is 59.5 Å². The highest BCUT2D eigenvalue weighted by atomic mass is 32.2. The number of amides is 1. The number of carbonyl (C=O) groups excluding carboxylic acids is 1. The van der Waals surface area contributed by atoms with Gasteiger partial charge >= 0.3 is 6.18 Å². The van der Waals surface area contributed by atoms with Crippen LogP contribution in [0.2, 0.25) is 0 Å². The number of thioether (sulfide) groups is 1. The molecular weight excluding hydrogens is 373 g/mol. The monoisotopic (exact) mass is 394 g/mol. The Morgan fingerprint density at radius 3 is 2.56 bits per heavy atom. The molecule has 2 aromatic carbocycles. The third-order valence-electron chi connectivity index (χ3n) is 4.61. The van der Waals surface area contributed by atoms with Crippen LogP contribution in [0.25, 0.3) is 0 Å². The second kappa shape index (κ2) is 8.35. The van der Waals surface area contributed by atoms with Gasteiger partial charge < -0.3 is 9.80 Å². The van der Waals surface area contributed by atoms with Crippen molar-refractivity contribution in [3.05, 3.63) is 65.7 Å². The molecule has 2 aromatic rings. The second-order valence-electron chi connectivity index (χ2n) is 6.59. The Balaban J connectivity index is 1.69. The van der Waals surface area contributed by atoms with Crippen molar-refractivity contribution in [3.63, 3.8) is 0 Å². The van der Waals surface area contributed by atoms with Crippen LogP contribution >= 0.6 is 11.8 Å². The van der Waals surface area contributed by atoms with E-state index in [2.05, 4.69) is 4.90 Å². The lowest BCUT2D eigenvalue weighted by Crippen LogP contribution is -2.49. The van der Waals surface area contributed by atoms with Crippen LogP contribution in [-0.2, 0) is 11.0 Å². The molecule has 0 saturated carbocycles. The first kappa shape index (κ1) is 19.8. The standard InChI is InChI=1S/C20H21F3N2OS/c1-24-10-11-25(18(13-24)15-6-3-2-4-7-15)19(26)14-27-17-9-5-8-16(12-17)20(21,22)23/h2-9,12,18H,10-11,13-14H2,1H3. The summed E-state index contributed by atoms with van der Waals surface area (Å²) in [6, 6.07) is 14.9. The van der Waals surface area contributed by atoms with Crippen LogP contribution in [0, 0.1) is 0 Å². The predicted octanol–water partition coefficient (Wildman–Crippen LogP) is 4.31. The Morgan fingerprint density at radius 1 is 1.11 bits per heavy atom. The van der Waals surface area contributed by atoms with Gasteiger partial charge in [0.25, 0.3) is 0 Å². The van der Waals surface area contributed by atoms with E-state index in [1.807, 2.05) is 42.3 Å². The van der Waals surface area contributed by atoms with Gasteiger partial charge in [0, 0.05) is 24.5 Å². The van der Waals surface area contributed by atoms with Crippen molar-refractivity contribution in [3.8, 4) is 0 Å². The van der Waals surface area contributed by atoms with E-state index in [1.54, 1.807) is 6.07 Å². The van der Waals surface area contributed by atoms with E-state index in [0.29, 0.717) is 11.4 Å². The number of hydrogen-bond donors (Lipinski definition) is 0. The summed E-state index contributed by atoms with van der Waals surface area (Å²) in [5.41, 5.74) is 0.378. The topological polar surface area (TPSA) is 23.6 Å². The highest BCUT2D eigenvalue weighted by Crippen LogP contribution is 2.32. The number of piperazine rings is 1. The number of carbonyl (C=O) groups is 1. The van der Waals surface area contributed by atoms with E-state index < -0.39 is 11.7 Å². The molecule has 0 radical (unpaired) electrons. The van der Waals surface area contributed by atoms with Crippen molar-refractivity contribution in [2.75, 3.05) is 32.4 Å². The van der Waals surface area contributed by atoms with Gasteiger partial charge in [0.1, 0.15) is 0 Å². The summed E-state index contributed by atoms with van der Waals surface area (Å²) in [6.45, 7) is 2.13. The first-order chi connectivity index (χ1) is 12.8. The molecule has 0 aliphatic carbocycles. The van der Waals surface area contributed by atoms with Crippen LogP contribution in [0.5, 0.6) is 0 Å². The average Bonchev–Trinajstić information content (AvgIpc) is 2.66. The maximum atomic E-state index is 12.8. The summed E-state index contributed by atoms with van der Waals surface area (Å²) < 4.78 is 38.5. The molecule has 0 bridgehead atoms. The first-order valence-electron chi connectivity index (χ1n) is 8.67. The predicted molar refractivity (Wildman–Crippen MR) is 101 cm³/mol. The van der Waals surface area contributed by atoms with Crippen LogP contribution in [0.4, 0.5) is 13.2 Å². The number of nitrogens with zero attached hydrogens (tertiary/aromatic N) is 2. The van der Waals surface area contributed by atoms with Crippen molar-refractivity contribution in [1.82, 2.24) is 9.80 Å². The van der Waals surface area contributed by atoms with E-state index in [4.69, 9.17) is 0 Å². The molecule has 1 aliphatic heterocycles. The van der Waals surface area contributed by atoms with Crippen LogP contribution in [0.1, 0.15) is 17.2 Å². The molecule has 0 spiro atoms. The molecular formula is C20H21F3N2OS. The summed E-state index contributed by atoms with van der Waals surface area (Å²) in [6.07, 6.45) is -4.38. The summed E-state index contributed by atoms with van der Waals surface area (Å²) >= 11 is 1.15. The maximum Gasteiger partial charge on any atom is 0.416 e. The minimum Gasteiger partial charge on any atom is -0.332 e. The molecule has 7 heteroatoms. The second-order valence-corrected chi connectivity index (χ2v) is 7.64. The number of benzene rings is 2. The van der Waals surface area contributed by atoms with E-state index in [-0.39, 0.29) is 17.7 Å². The van der Waals surface area contributed by atoms with E-state index in [9.17, 15) is 18.0 Å². The van der Waals surface area contributed by atoms with Gasteiger partial charge in [-0.1, -0.05) is 36.4 Å². The number of likely N-dealkylation sites (N-methyl/N-ethyl adjacent to an activating group) is 1. The molecule has 1 fully saturated rings. The van der Waals surface area contributed by atoms with Gasteiger partial charge in [-0.05, 0) is 30.8 Å². The summed E-state index contributed by atoms with van der Waals surface area (Å²) in [5, 5.41) is 0. The van der Waals surface area contributed by atoms with E-state index in [0.717, 1.165) is 42.5 Å². The van der Waals surface area contributed by atoms with Gasteiger partial charge in [0.2, 0.25) is 5.91 Å². The molecule has 1 atom stereocenters. The molecule has 3 rings (SSSR count).